The summed E-state index contributed by atoms with van der Waals surface area (Å²) in [6.07, 6.45) is 1.38. The fourth-order valence-corrected chi connectivity index (χ4v) is 1.95. The standard InChI is InChI=1S/C10H17NO4/c1-6(12)5-11-9(13)7-3-2-4-8(7)10(14)15/h6-8,12H,2-5H2,1H3,(H,11,13)(H,14,15). The molecule has 3 atom stereocenters. The lowest BCUT2D eigenvalue weighted by Crippen LogP contribution is -2.38. The highest BCUT2D eigenvalue weighted by molar-refractivity contribution is 5.85. The van der Waals surface area contributed by atoms with E-state index in [1.165, 1.54) is 0 Å². The predicted octanol–water partition coefficient (Wildman–Crippen LogP) is -0.0157. The fraction of sp³-hybridized carbons (Fsp3) is 0.800. The van der Waals surface area contributed by atoms with Crippen LogP contribution in [0.2, 0.25) is 0 Å². The van der Waals surface area contributed by atoms with Crippen molar-refractivity contribution >= 4 is 11.9 Å². The van der Waals surface area contributed by atoms with Crippen LogP contribution in [-0.4, -0.2) is 34.7 Å². The third-order valence-corrected chi connectivity index (χ3v) is 2.74. The maximum atomic E-state index is 11.6. The summed E-state index contributed by atoms with van der Waals surface area (Å²) in [4.78, 5) is 22.4. The molecule has 0 radical (unpaired) electrons. The molecule has 0 saturated heterocycles. The van der Waals surface area contributed by atoms with E-state index < -0.39 is 23.9 Å². The number of aliphatic hydroxyl groups is 1. The van der Waals surface area contributed by atoms with E-state index in [9.17, 15) is 9.59 Å². The van der Waals surface area contributed by atoms with Crippen molar-refractivity contribution in [3.05, 3.63) is 0 Å². The van der Waals surface area contributed by atoms with Crippen molar-refractivity contribution in [3.63, 3.8) is 0 Å². The van der Waals surface area contributed by atoms with E-state index in [4.69, 9.17) is 10.2 Å². The van der Waals surface area contributed by atoms with Gasteiger partial charge in [-0.15, -0.1) is 0 Å². The Morgan fingerprint density at radius 3 is 2.53 bits per heavy atom. The molecule has 5 nitrogen and oxygen atoms in total. The van der Waals surface area contributed by atoms with E-state index >= 15 is 0 Å². The zero-order valence-corrected chi connectivity index (χ0v) is 8.77. The molecule has 1 fully saturated rings. The van der Waals surface area contributed by atoms with Crippen molar-refractivity contribution < 1.29 is 19.8 Å². The molecule has 0 heterocycles. The molecule has 0 aliphatic heterocycles. The largest absolute Gasteiger partial charge is 0.481 e. The normalized spacial score (nSPS) is 27.3. The van der Waals surface area contributed by atoms with Gasteiger partial charge in [0.05, 0.1) is 17.9 Å². The Morgan fingerprint density at radius 2 is 2.00 bits per heavy atom. The average molecular weight is 215 g/mol. The van der Waals surface area contributed by atoms with Crippen LogP contribution >= 0.6 is 0 Å². The monoisotopic (exact) mass is 215 g/mol. The van der Waals surface area contributed by atoms with Crippen molar-refractivity contribution in [1.82, 2.24) is 5.32 Å². The second kappa shape index (κ2) is 5.11. The molecular formula is C10H17NO4. The fourth-order valence-electron chi connectivity index (χ4n) is 1.95. The highest BCUT2D eigenvalue weighted by atomic mass is 16.4. The van der Waals surface area contributed by atoms with Gasteiger partial charge in [0, 0.05) is 6.54 Å². The number of rotatable bonds is 4. The number of aliphatic carboxylic acids is 1. The van der Waals surface area contributed by atoms with E-state index in [0.717, 1.165) is 6.42 Å². The molecule has 1 saturated carbocycles. The molecule has 1 amide bonds. The highest BCUT2D eigenvalue weighted by Crippen LogP contribution is 2.31. The number of hydrogen-bond acceptors (Lipinski definition) is 3. The Hall–Kier alpha value is -1.10. The zero-order valence-electron chi connectivity index (χ0n) is 8.77. The van der Waals surface area contributed by atoms with Crippen LogP contribution < -0.4 is 5.32 Å². The van der Waals surface area contributed by atoms with Crippen LogP contribution in [0.1, 0.15) is 26.2 Å². The molecule has 1 rings (SSSR count). The molecule has 86 valence electrons. The van der Waals surface area contributed by atoms with Gasteiger partial charge in [0.2, 0.25) is 5.91 Å². The van der Waals surface area contributed by atoms with Gasteiger partial charge in [0.1, 0.15) is 0 Å². The van der Waals surface area contributed by atoms with Gasteiger partial charge in [-0.25, -0.2) is 0 Å². The quantitative estimate of drug-likeness (QED) is 0.615. The minimum Gasteiger partial charge on any atom is -0.481 e. The molecule has 0 aromatic carbocycles. The van der Waals surface area contributed by atoms with Crippen LogP contribution in [0.15, 0.2) is 0 Å². The number of nitrogens with one attached hydrogen (secondary N) is 1. The number of carboxylic acid groups (broad SMARTS) is 1. The number of carboxylic acids is 1. The van der Waals surface area contributed by atoms with Crippen molar-refractivity contribution in [2.24, 2.45) is 11.8 Å². The first-order chi connectivity index (χ1) is 7.02. The van der Waals surface area contributed by atoms with Crippen LogP contribution in [0.3, 0.4) is 0 Å². The summed E-state index contributed by atoms with van der Waals surface area (Å²) in [5.41, 5.74) is 0. The van der Waals surface area contributed by atoms with Crippen molar-refractivity contribution in [2.75, 3.05) is 6.54 Å². The summed E-state index contributed by atoms with van der Waals surface area (Å²) in [6, 6.07) is 0. The molecule has 3 N–H and O–H groups in total. The molecule has 0 aromatic heterocycles. The van der Waals surface area contributed by atoms with Gasteiger partial charge >= 0.3 is 5.97 Å². The third kappa shape index (κ3) is 3.20. The Balaban J connectivity index is 2.47. The first kappa shape index (κ1) is 12.0. The second-order valence-electron chi connectivity index (χ2n) is 4.08. The van der Waals surface area contributed by atoms with Gasteiger partial charge in [0.15, 0.2) is 0 Å². The lowest BCUT2D eigenvalue weighted by atomic mass is 9.95. The SMILES string of the molecule is CC(O)CNC(=O)C1CCCC1C(=O)O. The Labute approximate surface area is 88.5 Å². The summed E-state index contributed by atoms with van der Waals surface area (Å²) in [5.74, 6) is -2.13. The van der Waals surface area contributed by atoms with Crippen LogP contribution in [0.4, 0.5) is 0 Å². The molecule has 0 bridgehead atoms. The minimum atomic E-state index is -0.898. The minimum absolute atomic E-state index is 0.182. The zero-order chi connectivity index (χ0) is 11.4. The lowest BCUT2D eigenvalue weighted by Gasteiger charge is -2.16. The number of hydrogen-bond donors (Lipinski definition) is 3. The van der Waals surface area contributed by atoms with Gasteiger partial charge in [-0.2, -0.15) is 0 Å². The molecule has 1 aliphatic rings. The summed E-state index contributed by atoms with van der Waals surface area (Å²) >= 11 is 0. The molecule has 1 aliphatic carbocycles. The maximum absolute atomic E-state index is 11.6. The predicted molar refractivity (Wildman–Crippen MR) is 53.2 cm³/mol. The molecular weight excluding hydrogens is 198 g/mol. The topological polar surface area (TPSA) is 86.6 Å². The van der Waals surface area contributed by atoms with Crippen molar-refractivity contribution in [3.8, 4) is 0 Å². The summed E-state index contributed by atoms with van der Waals surface area (Å²) in [7, 11) is 0. The van der Waals surface area contributed by atoms with Gasteiger partial charge in [0.25, 0.3) is 0 Å². The van der Waals surface area contributed by atoms with Crippen LogP contribution in [0, 0.1) is 11.8 Å². The molecule has 15 heavy (non-hydrogen) atoms. The first-order valence-electron chi connectivity index (χ1n) is 5.21. The molecule has 3 unspecified atom stereocenters. The average Bonchev–Trinajstić information content (AvgIpc) is 2.62. The number of aliphatic hydroxyl groups excluding tert-OH is 1. The first-order valence-corrected chi connectivity index (χ1v) is 5.21. The summed E-state index contributed by atoms with van der Waals surface area (Å²) in [5, 5.41) is 20.4. The van der Waals surface area contributed by atoms with E-state index in [1.807, 2.05) is 0 Å². The molecule has 0 aromatic rings. The maximum Gasteiger partial charge on any atom is 0.307 e. The number of carbonyl (C=O) groups is 2. The lowest BCUT2D eigenvalue weighted by molar-refractivity contribution is -0.146. The van der Waals surface area contributed by atoms with E-state index in [0.29, 0.717) is 12.8 Å². The molecule has 0 spiro atoms. The van der Waals surface area contributed by atoms with E-state index in [2.05, 4.69) is 5.32 Å². The Bertz CT molecular complexity index is 252. The smallest absolute Gasteiger partial charge is 0.307 e. The van der Waals surface area contributed by atoms with Crippen LogP contribution in [0.5, 0.6) is 0 Å². The van der Waals surface area contributed by atoms with E-state index in [-0.39, 0.29) is 12.5 Å². The number of carbonyl (C=O) groups excluding carboxylic acids is 1. The van der Waals surface area contributed by atoms with Gasteiger partial charge < -0.3 is 15.5 Å². The summed E-state index contributed by atoms with van der Waals surface area (Å²) in [6.45, 7) is 1.76. The van der Waals surface area contributed by atoms with Gasteiger partial charge in [-0.3, -0.25) is 9.59 Å². The van der Waals surface area contributed by atoms with Gasteiger partial charge in [-0.05, 0) is 19.8 Å². The highest BCUT2D eigenvalue weighted by Gasteiger charge is 2.37. The second-order valence-corrected chi connectivity index (χ2v) is 4.08. The molecule has 5 heteroatoms. The van der Waals surface area contributed by atoms with Gasteiger partial charge in [-0.1, -0.05) is 6.42 Å². The van der Waals surface area contributed by atoms with Crippen LogP contribution in [-0.2, 0) is 9.59 Å². The number of amides is 1. The van der Waals surface area contributed by atoms with Crippen LogP contribution in [0.25, 0.3) is 0 Å². The van der Waals surface area contributed by atoms with Crippen molar-refractivity contribution in [2.45, 2.75) is 32.3 Å². The summed E-state index contributed by atoms with van der Waals surface area (Å²) < 4.78 is 0. The van der Waals surface area contributed by atoms with E-state index in [1.54, 1.807) is 6.92 Å². The van der Waals surface area contributed by atoms with Crippen molar-refractivity contribution in [1.29, 1.82) is 0 Å². The Morgan fingerprint density at radius 1 is 1.40 bits per heavy atom. The third-order valence-electron chi connectivity index (χ3n) is 2.74. The Kier molecular flexibility index (Phi) is 4.08.